The molecular weight excluding hydrogens is 309 g/mol. The molecule has 7 heteroatoms. The maximum absolute atomic E-state index is 11.2. The maximum Gasteiger partial charge on any atom is 0.360 e. The van der Waals surface area contributed by atoms with Gasteiger partial charge in [-0.3, -0.25) is 0 Å². The van der Waals surface area contributed by atoms with E-state index < -0.39 is 5.97 Å². The lowest BCUT2D eigenvalue weighted by Gasteiger charge is -2.02. The highest BCUT2D eigenvalue weighted by molar-refractivity contribution is 9.10. The number of nitrogens with zero attached hydrogens (tertiary/aromatic N) is 3. The first-order valence-electron chi connectivity index (χ1n) is 4.58. The van der Waals surface area contributed by atoms with Crippen molar-refractivity contribution in [2.75, 3.05) is 7.11 Å². The Bertz CT molecular complexity index is 570. The molecule has 2 aromatic rings. The molecule has 0 aliphatic heterocycles. The van der Waals surface area contributed by atoms with Gasteiger partial charge in [-0.1, -0.05) is 16.8 Å². The van der Waals surface area contributed by atoms with E-state index in [1.54, 1.807) is 18.2 Å². The minimum Gasteiger partial charge on any atom is -0.464 e. The first-order valence-corrected chi connectivity index (χ1v) is 5.75. The van der Waals surface area contributed by atoms with Gasteiger partial charge in [0.15, 0.2) is 5.69 Å². The molecule has 0 N–H and O–H groups in total. The van der Waals surface area contributed by atoms with Crippen LogP contribution in [-0.4, -0.2) is 28.1 Å². The Morgan fingerprint density at radius 2 is 2.29 bits per heavy atom. The summed E-state index contributed by atoms with van der Waals surface area (Å²) in [7, 11) is 1.29. The molecule has 0 amide bonds. The smallest absolute Gasteiger partial charge is 0.360 e. The van der Waals surface area contributed by atoms with Gasteiger partial charge in [-0.25, -0.2) is 9.48 Å². The van der Waals surface area contributed by atoms with E-state index in [2.05, 4.69) is 31.0 Å². The van der Waals surface area contributed by atoms with Crippen LogP contribution in [-0.2, 0) is 4.74 Å². The van der Waals surface area contributed by atoms with Gasteiger partial charge >= 0.3 is 5.97 Å². The highest BCUT2D eigenvalue weighted by Crippen LogP contribution is 2.24. The minimum absolute atomic E-state index is 0.148. The molecule has 2 rings (SSSR count). The van der Waals surface area contributed by atoms with Crippen LogP contribution in [0.1, 0.15) is 10.5 Å². The summed E-state index contributed by atoms with van der Waals surface area (Å²) in [6.07, 6.45) is 1.49. The zero-order valence-corrected chi connectivity index (χ0v) is 11.1. The molecule has 1 heterocycles. The summed E-state index contributed by atoms with van der Waals surface area (Å²) in [5.41, 5.74) is 0.881. The number of benzene rings is 1. The Labute approximate surface area is 110 Å². The number of carbonyl (C=O) groups is 1. The second kappa shape index (κ2) is 4.85. The van der Waals surface area contributed by atoms with Crippen LogP contribution in [0, 0.1) is 0 Å². The standard InChI is InChI=1S/C10H7BrClN3O2/c1-17-10(16)8-5-15(14-13-8)9-3-2-6(12)4-7(9)11/h2-5H,1H3. The number of halogens is 2. The summed E-state index contributed by atoms with van der Waals surface area (Å²) in [5, 5.41) is 8.16. The van der Waals surface area contributed by atoms with Crippen LogP contribution in [0.2, 0.25) is 5.02 Å². The molecule has 0 aliphatic carbocycles. The summed E-state index contributed by atoms with van der Waals surface area (Å²) in [5.74, 6) is -0.527. The third kappa shape index (κ3) is 2.48. The van der Waals surface area contributed by atoms with Gasteiger partial charge in [-0.05, 0) is 34.1 Å². The predicted molar refractivity (Wildman–Crippen MR) is 65.4 cm³/mol. The molecule has 0 fully saturated rings. The topological polar surface area (TPSA) is 57.0 Å². The van der Waals surface area contributed by atoms with Crippen molar-refractivity contribution in [2.45, 2.75) is 0 Å². The van der Waals surface area contributed by atoms with Gasteiger partial charge in [0.05, 0.1) is 19.0 Å². The molecule has 0 aliphatic rings. The molecule has 0 bridgehead atoms. The van der Waals surface area contributed by atoms with E-state index in [1.807, 2.05) is 0 Å². The first kappa shape index (κ1) is 12.1. The molecule has 5 nitrogen and oxygen atoms in total. The summed E-state index contributed by atoms with van der Waals surface area (Å²) < 4.78 is 6.77. The van der Waals surface area contributed by atoms with E-state index in [0.29, 0.717) is 5.02 Å². The molecule has 17 heavy (non-hydrogen) atoms. The number of hydrogen-bond donors (Lipinski definition) is 0. The Morgan fingerprint density at radius 3 is 2.94 bits per heavy atom. The van der Waals surface area contributed by atoms with Gasteiger partial charge in [-0.2, -0.15) is 0 Å². The number of aromatic nitrogens is 3. The Hall–Kier alpha value is -1.40. The molecular formula is C10H7BrClN3O2. The Balaban J connectivity index is 2.40. The highest BCUT2D eigenvalue weighted by atomic mass is 79.9. The van der Waals surface area contributed by atoms with Crippen LogP contribution in [0.4, 0.5) is 0 Å². The first-order chi connectivity index (χ1) is 8.11. The Morgan fingerprint density at radius 1 is 1.53 bits per heavy atom. The average Bonchev–Trinajstić information content (AvgIpc) is 2.77. The summed E-state index contributed by atoms with van der Waals surface area (Å²) >= 11 is 9.19. The molecule has 0 saturated carbocycles. The molecule has 0 unspecified atom stereocenters. The van der Waals surface area contributed by atoms with Gasteiger partial charge in [0.2, 0.25) is 0 Å². The zero-order valence-electron chi connectivity index (χ0n) is 8.72. The summed E-state index contributed by atoms with van der Waals surface area (Å²) in [4.78, 5) is 11.2. The van der Waals surface area contributed by atoms with Crippen molar-refractivity contribution in [2.24, 2.45) is 0 Å². The molecule has 0 spiro atoms. The lowest BCUT2D eigenvalue weighted by Crippen LogP contribution is -2.01. The quantitative estimate of drug-likeness (QED) is 0.799. The molecule has 88 valence electrons. The third-order valence-electron chi connectivity index (χ3n) is 2.04. The number of carbonyl (C=O) groups excluding carboxylic acids is 1. The van der Waals surface area contributed by atoms with E-state index >= 15 is 0 Å². The molecule has 1 aromatic heterocycles. The van der Waals surface area contributed by atoms with Gasteiger partial charge in [0.1, 0.15) is 0 Å². The van der Waals surface area contributed by atoms with E-state index in [4.69, 9.17) is 11.6 Å². The normalized spacial score (nSPS) is 10.3. The molecule has 1 aromatic carbocycles. The van der Waals surface area contributed by atoms with Crippen LogP contribution >= 0.6 is 27.5 Å². The van der Waals surface area contributed by atoms with Crippen LogP contribution in [0.5, 0.6) is 0 Å². The summed E-state index contributed by atoms with van der Waals surface area (Å²) in [6, 6.07) is 5.22. The monoisotopic (exact) mass is 315 g/mol. The molecule has 0 radical (unpaired) electrons. The second-order valence-corrected chi connectivity index (χ2v) is 4.43. The number of methoxy groups -OCH3 is 1. The van der Waals surface area contributed by atoms with E-state index in [1.165, 1.54) is 18.0 Å². The van der Waals surface area contributed by atoms with Crippen molar-refractivity contribution in [1.29, 1.82) is 0 Å². The van der Waals surface area contributed by atoms with Gasteiger partial charge in [0.25, 0.3) is 0 Å². The number of hydrogen-bond acceptors (Lipinski definition) is 4. The molecule has 0 atom stereocenters. The third-order valence-corrected chi connectivity index (χ3v) is 2.91. The predicted octanol–water partition coefficient (Wildman–Crippen LogP) is 2.47. The second-order valence-electron chi connectivity index (χ2n) is 3.14. The highest BCUT2D eigenvalue weighted by Gasteiger charge is 2.12. The van der Waals surface area contributed by atoms with Gasteiger partial charge < -0.3 is 4.74 Å². The van der Waals surface area contributed by atoms with Crippen molar-refractivity contribution < 1.29 is 9.53 Å². The van der Waals surface area contributed by atoms with E-state index in [0.717, 1.165) is 10.2 Å². The van der Waals surface area contributed by atoms with Crippen LogP contribution in [0.3, 0.4) is 0 Å². The number of rotatable bonds is 2. The lowest BCUT2D eigenvalue weighted by molar-refractivity contribution is 0.0594. The van der Waals surface area contributed by atoms with Crippen LogP contribution in [0.25, 0.3) is 5.69 Å². The van der Waals surface area contributed by atoms with Gasteiger partial charge in [0, 0.05) is 9.50 Å². The molecule has 0 saturated heterocycles. The number of ether oxygens (including phenoxy) is 1. The van der Waals surface area contributed by atoms with Crippen molar-refractivity contribution in [3.63, 3.8) is 0 Å². The van der Waals surface area contributed by atoms with Crippen molar-refractivity contribution in [1.82, 2.24) is 15.0 Å². The average molecular weight is 317 g/mol. The van der Waals surface area contributed by atoms with E-state index in [-0.39, 0.29) is 5.69 Å². The number of esters is 1. The van der Waals surface area contributed by atoms with Gasteiger partial charge in [-0.15, -0.1) is 5.10 Å². The minimum atomic E-state index is -0.527. The van der Waals surface area contributed by atoms with Crippen molar-refractivity contribution in [3.05, 3.63) is 39.6 Å². The van der Waals surface area contributed by atoms with Crippen molar-refractivity contribution in [3.8, 4) is 5.69 Å². The van der Waals surface area contributed by atoms with E-state index in [9.17, 15) is 4.79 Å². The fourth-order valence-corrected chi connectivity index (χ4v) is 2.11. The SMILES string of the molecule is COC(=O)c1cn(-c2ccc(Cl)cc2Br)nn1. The fourth-order valence-electron chi connectivity index (χ4n) is 1.25. The maximum atomic E-state index is 11.2. The zero-order chi connectivity index (χ0) is 12.4. The summed E-state index contributed by atoms with van der Waals surface area (Å²) in [6.45, 7) is 0. The van der Waals surface area contributed by atoms with Crippen molar-refractivity contribution >= 4 is 33.5 Å². The van der Waals surface area contributed by atoms with Crippen LogP contribution in [0.15, 0.2) is 28.9 Å². The lowest BCUT2D eigenvalue weighted by atomic mass is 10.3. The fraction of sp³-hybridized carbons (Fsp3) is 0.100. The largest absolute Gasteiger partial charge is 0.464 e. The van der Waals surface area contributed by atoms with Crippen LogP contribution < -0.4 is 0 Å². The Kier molecular flexibility index (Phi) is 3.44.